The molecule has 21 heavy (non-hydrogen) atoms. The second kappa shape index (κ2) is 7.75. The molecule has 2 rings (SSSR count). The molecule has 2 N–H and O–H groups in total. The van der Waals surface area contributed by atoms with E-state index >= 15 is 0 Å². The summed E-state index contributed by atoms with van der Waals surface area (Å²) in [5.41, 5.74) is 1.84. The second-order valence-electron chi connectivity index (χ2n) is 4.89. The van der Waals surface area contributed by atoms with Crippen molar-refractivity contribution in [2.75, 3.05) is 31.7 Å². The van der Waals surface area contributed by atoms with Crippen molar-refractivity contribution in [3.05, 3.63) is 29.8 Å². The highest BCUT2D eigenvalue weighted by atomic mass is 16.6. The number of aryl methyl sites for hydroxylation is 1. The quantitative estimate of drug-likeness (QED) is 0.843. The summed E-state index contributed by atoms with van der Waals surface area (Å²) in [6.07, 6.45) is -0.355. The van der Waals surface area contributed by atoms with Crippen molar-refractivity contribution >= 4 is 17.5 Å². The van der Waals surface area contributed by atoms with E-state index in [-0.39, 0.29) is 31.4 Å². The maximum absolute atomic E-state index is 11.8. The first-order valence-electron chi connectivity index (χ1n) is 6.99. The van der Waals surface area contributed by atoms with E-state index < -0.39 is 6.10 Å². The van der Waals surface area contributed by atoms with Gasteiger partial charge in [0.25, 0.3) is 5.91 Å². The number of rotatable bonds is 5. The van der Waals surface area contributed by atoms with Crippen LogP contribution < -0.4 is 10.6 Å². The molecule has 6 nitrogen and oxygen atoms in total. The van der Waals surface area contributed by atoms with Gasteiger partial charge in [-0.3, -0.25) is 9.59 Å². The molecule has 6 heteroatoms. The van der Waals surface area contributed by atoms with Crippen molar-refractivity contribution in [1.82, 2.24) is 5.32 Å². The van der Waals surface area contributed by atoms with Gasteiger partial charge in [0.15, 0.2) is 6.10 Å². The van der Waals surface area contributed by atoms with E-state index in [0.29, 0.717) is 13.2 Å². The van der Waals surface area contributed by atoms with Crippen molar-refractivity contribution in [2.45, 2.75) is 19.4 Å². The van der Waals surface area contributed by atoms with E-state index in [9.17, 15) is 9.59 Å². The molecule has 0 aliphatic carbocycles. The van der Waals surface area contributed by atoms with Crippen LogP contribution in [0.25, 0.3) is 0 Å². The molecular formula is C15H20N2O4. The molecule has 1 aromatic rings. The summed E-state index contributed by atoms with van der Waals surface area (Å²) in [7, 11) is 0. The molecule has 1 aliphatic heterocycles. The number of carbonyl (C=O) groups is 2. The lowest BCUT2D eigenvalue weighted by Gasteiger charge is -2.21. The molecule has 0 spiro atoms. The third-order valence-corrected chi connectivity index (χ3v) is 3.06. The van der Waals surface area contributed by atoms with Crippen LogP contribution in [0.4, 0.5) is 5.69 Å². The van der Waals surface area contributed by atoms with E-state index in [1.54, 1.807) is 0 Å². The van der Waals surface area contributed by atoms with E-state index in [4.69, 9.17) is 9.47 Å². The fourth-order valence-electron chi connectivity index (χ4n) is 2.00. The molecule has 0 saturated carbocycles. The highest BCUT2D eigenvalue weighted by Gasteiger charge is 2.22. The van der Waals surface area contributed by atoms with Gasteiger partial charge >= 0.3 is 0 Å². The number of carbonyl (C=O) groups excluding carboxylic acids is 2. The van der Waals surface area contributed by atoms with Crippen LogP contribution >= 0.6 is 0 Å². The number of nitrogens with one attached hydrogen (secondary N) is 2. The summed E-state index contributed by atoms with van der Waals surface area (Å²) in [5, 5.41) is 5.47. The molecule has 1 unspecified atom stereocenters. The minimum Gasteiger partial charge on any atom is -0.376 e. The van der Waals surface area contributed by atoms with Gasteiger partial charge in [0.05, 0.1) is 19.8 Å². The average molecular weight is 292 g/mol. The first kappa shape index (κ1) is 15.5. The van der Waals surface area contributed by atoms with Gasteiger partial charge < -0.3 is 20.1 Å². The Morgan fingerprint density at radius 2 is 2.19 bits per heavy atom. The first-order valence-corrected chi connectivity index (χ1v) is 6.99. The standard InChI is InChI=1S/C15H20N2O4/c1-11-3-2-4-12(9-11)17-14(18)5-6-16-15(19)13-10-20-7-8-21-13/h2-4,9,13H,5-8,10H2,1H3,(H,16,19)(H,17,18). The van der Waals surface area contributed by atoms with Crippen LogP contribution in [0.1, 0.15) is 12.0 Å². The number of benzene rings is 1. The third kappa shape index (κ3) is 5.17. The minimum absolute atomic E-state index is 0.137. The molecule has 1 aliphatic rings. The Hall–Kier alpha value is -1.92. The number of ether oxygens (including phenoxy) is 2. The molecule has 1 aromatic carbocycles. The van der Waals surface area contributed by atoms with E-state index in [1.807, 2.05) is 31.2 Å². The lowest BCUT2D eigenvalue weighted by Crippen LogP contribution is -2.43. The Morgan fingerprint density at radius 3 is 2.90 bits per heavy atom. The Bertz CT molecular complexity index is 498. The van der Waals surface area contributed by atoms with Gasteiger partial charge in [-0.25, -0.2) is 0 Å². The average Bonchev–Trinajstić information content (AvgIpc) is 2.48. The fourth-order valence-corrected chi connectivity index (χ4v) is 2.00. The van der Waals surface area contributed by atoms with Crippen molar-refractivity contribution in [1.29, 1.82) is 0 Å². The van der Waals surface area contributed by atoms with Gasteiger partial charge in [-0.05, 0) is 24.6 Å². The zero-order valence-corrected chi connectivity index (χ0v) is 12.1. The van der Waals surface area contributed by atoms with Crippen LogP contribution in [0, 0.1) is 6.92 Å². The third-order valence-electron chi connectivity index (χ3n) is 3.06. The van der Waals surface area contributed by atoms with Gasteiger partial charge in [-0.1, -0.05) is 12.1 Å². The van der Waals surface area contributed by atoms with Gasteiger partial charge in [0, 0.05) is 18.7 Å². The monoisotopic (exact) mass is 292 g/mol. The summed E-state index contributed by atoms with van der Waals surface area (Å²) < 4.78 is 10.4. The number of anilines is 1. The molecule has 0 radical (unpaired) electrons. The molecule has 0 bridgehead atoms. The Balaban J connectivity index is 1.68. The predicted molar refractivity (Wildman–Crippen MR) is 78.0 cm³/mol. The van der Waals surface area contributed by atoms with Gasteiger partial charge in [0.2, 0.25) is 5.91 Å². The highest BCUT2D eigenvalue weighted by molar-refractivity contribution is 5.91. The fraction of sp³-hybridized carbons (Fsp3) is 0.467. The summed E-state index contributed by atoms with van der Waals surface area (Å²) in [4.78, 5) is 23.5. The number of amides is 2. The SMILES string of the molecule is Cc1cccc(NC(=O)CCNC(=O)C2COCCO2)c1. The molecule has 1 atom stereocenters. The van der Waals surface area contributed by atoms with Crippen LogP contribution in [0.5, 0.6) is 0 Å². The minimum atomic E-state index is -0.571. The molecule has 1 heterocycles. The molecule has 2 amide bonds. The predicted octanol–water partition coefficient (Wildman–Crippen LogP) is 0.855. The van der Waals surface area contributed by atoms with Crippen LogP contribution in [-0.4, -0.2) is 44.3 Å². The lowest BCUT2D eigenvalue weighted by atomic mass is 10.2. The number of hydrogen-bond acceptors (Lipinski definition) is 4. The normalized spacial score (nSPS) is 18.0. The highest BCUT2D eigenvalue weighted by Crippen LogP contribution is 2.09. The summed E-state index contributed by atoms with van der Waals surface area (Å²) >= 11 is 0. The van der Waals surface area contributed by atoms with Crippen LogP contribution in [-0.2, 0) is 19.1 Å². The molecule has 1 saturated heterocycles. The van der Waals surface area contributed by atoms with Crippen molar-refractivity contribution in [3.8, 4) is 0 Å². The van der Waals surface area contributed by atoms with E-state index in [1.165, 1.54) is 0 Å². The van der Waals surface area contributed by atoms with Gasteiger partial charge in [-0.15, -0.1) is 0 Å². The smallest absolute Gasteiger partial charge is 0.251 e. The topological polar surface area (TPSA) is 76.7 Å². The van der Waals surface area contributed by atoms with Crippen molar-refractivity contribution in [2.24, 2.45) is 0 Å². The second-order valence-corrected chi connectivity index (χ2v) is 4.89. The van der Waals surface area contributed by atoms with Crippen LogP contribution in [0.3, 0.4) is 0 Å². The van der Waals surface area contributed by atoms with E-state index in [0.717, 1.165) is 11.3 Å². The van der Waals surface area contributed by atoms with Crippen LogP contribution in [0.15, 0.2) is 24.3 Å². The maximum atomic E-state index is 11.8. The molecule has 0 aromatic heterocycles. The van der Waals surface area contributed by atoms with Gasteiger partial charge in [0.1, 0.15) is 0 Å². The lowest BCUT2D eigenvalue weighted by molar-refractivity contribution is -0.147. The number of hydrogen-bond donors (Lipinski definition) is 2. The zero-order valence-electron chi connectivity index (χ0n) is 12.1. The van der Waals surface area contributed by atoms with Gasteiger partial charge in [-0.2, -0.15) is 0 Å². The summed E-state index contributed by atoms with van der Waals surface area (Å²) in [6.45, 7) is 3.44. The summed E-state index contributed by atoms with van der Waals surface area (Å²) in [5.74, 6) is -0.375. The Labute approximate surface area is 123 Å². The molecule has 1 fully saturated rings. The van der Waals surface area contributed by atoms with Crippen molar-refractivity contribution < 1.29 is 19.1 Å². The zero-order chi connectivity index (χ0) is 15.1. The first-order chi connectivity index (χ1) is 10.1. The largest absolute Gasteiger partial charge is 0.376 e. The maximum Gasteiger partial charge on any atom is 0.251 e. The molecular weight excluding hydrogens is 272 g/mol. The Kier molecular flexibility index (Phi) is 5.71. The Morgan fingerprint density at radius 1 is 1.33 bits per heavy atom. The molecule has 114 valence electrons. The van der Waals surface area contributed by atoms with Crippen LogP contribution in [0.2, 0.25) is 0 Å². The van der Waals surface area contributed by atoms with Crippen molar-refractivity contribution in [3.63, 3.8) is 0 Å². The summed E-state index contributed by atoms with van der Waals surface area (Å²) in [6, 6.07) is 7.57. The van der Waals surface area contributed by atoms with E-state index in [2.05, 4.69) is 10.6 Å².